The zero-order valence-electron chi connectivity index (χ0n) is 15.6. The highest BCUT2D eigenvalue weighted by molar-refractivity contribution is 7.80. The molecule has 0 aliphatic carbocycles. The van der Waals surface area contributed by atoms with E-state index in [0.717, 1.165) is 4.90 Å². The Balaban J connectivity index is 1.41. The van der Waals surface area contributed by atoms with Crippen LogP contribution in [-0.4, -0.2) is 92.0 Å². The first kappa shape index (κ1) is 20.6. The van der Waals surface area contributed by atoms with Crippen molar-refractivity contribution >= 4 is 28.2 Å². The van der Waals surface area contributed by atoms with Crippen molar-refractivity contribution in [2.45, 2.75) is 43.4 Å². The number of fused-ring (bicyclic) bond motifs is 2. The summed E-state index contributed by atoms with van der Waals surface area (Å²) in [5.74, 6) is 4.35. The summed E-state index contributed by atoms with van der Waals surface area (Å²) in [5.41, 5.74) is 0. The lowest BCUT2D eigenvalue weighted by Gasteiger charge is -2.31. The van der Waals surface area contributed by atoms with Crippen LogP contribution in [0.4, 0.5) is 4.79 Å². The van der Waals surface area contributed by atoms with Gasteiger partial charge in [-0.05, 0) is 19.3 Å². The fourth-order valence-corrected chi connectivity index (χ4v) is 4.43. The van der Waals surface area contributed by atoms with Gasteiger partial charge in [0.05, 0.1) is 24.3 Å². The van der Waals surface area contributed by atoms with Gasteiger partial charge in [-0.1, -0.05) is 5.21 Å². The van der Waals surface area contributed by atoms with E-state index in [0.29, 0.717) is 23.0 Å². The fourth-order valence-electron chi connectivity index (χ4n) is 4.04. The average molecular weight is 444 g/mol. The van der Waals surface area contributed by atoms with Gasteiger partial charge in [0.1, 0.15) is 6.04 Å². The number of hydrogen-bond acceptors (Lipinski definition) is 10. The molecule has 30 heavy (non-hydrogen) atoms. The minimum Gasteiger partial charge on any atom is -0.309 e. The Kier molecular flexibility index (Phi) is 5.18. The van der Waals surface area contributed by atoms with Crippen LogP contribution in [0.3, 0.4) is 0 Å². The predicted octanol–water partition coefficient (Wildman–Crippen LogP) is -2.59. The molecule has 0 spiro atoms. The van der Waals surface area contributed by atoms with Gasteiger partial charge in [-0.2, -0.15) is 13.5 Å². The van der Waals surface area contributed by atoms with Crippen LogP contribution >= 0.6 is 0 Å². The highest BCUT2D eigenvalue weighted by atomic mass is 32.3. The number of rotatable bonds is 5. The van der Waals surface area contributed by atoms with Crippen LogP contribution in [0.5, 0.6) is 0 Å². The monoisotopic (exact) mass is 444 g/mol. The fraction of sp³-hybridized carbons (Fsp3) is 0.643. The number of aromatic nitrogens is 3. The molecule has 0 radical (unpaired) electrons. The van der Waals surface area contributed by atoms with Gasteiger partial charge in [-0.3, -0.25) is 14.1 Å². The lowest BCUT2D eigenvalue weighted by Crippen LogP contribution is -2.58. The molecule has 4 amide bonds. The summed E-state index contributed by atoms with van der Waals surface area (Å²) in [6, 6.07) is -3.43. The third kappa shape index (κ3) is 3.74. The number of urea groups is 1. The number of hydrazine groups is 1. The SMILES string of the molecule is NN(C(=O)[C@@H]1C[C@H](n2ccnn2)CN1)C(=O)[C@H]1CC[C@@H]2CN1C(=O)N2OS(=O)(=O)O. The average Bonchev–Trinajstić information content (AvgIpc) is 3.43. The summed E-state index contributed by atoms with van der Waals surface area (Å²) < 4.78 is 36.7. The summed E-state index contributed by atoms with van der Waals surface area (Å²) in [5, 5.41) is 11.6. The number of piperidine rings is 1. The molecule has 1 aromatic rings. The quantitative estimate of drug-likeness (QED) is 0.142. The van der Waals surface area contributed by atoms with Crippen LogP contribution in [0, 0.1) is 0 Å². The molecule has 164 valence electrons. The minimum atomic E-state index is -4.90. The van der Waals surface area contributed by atoms with Crippen molar-refractivity contribution in [1.82, 2.24) is 35.3 Å². The second kappa shape index (κ2) is 7.55. The Labute approximate surface area is 170 Å². The molecule has 4 atom stereocenters. The van der Waals surface area contributed by atoms with Crippen molar-refractivity contribution < 1.29 is 31.6 Å². The van der Waals surface area contributed by atoms with Crippen LogP contribution in [-0.2, 0) is 24.3 Å². The second-order valence-electron chi connectivity index (χ2n) is 7.29. The molecule has 15 nitrogen and oxygen atoms in total. The molecule has 0 unspecified atom stereocenters. The third-order valence-electron chi connectivity index (χ3n) is 5.48. The molecule has 4 heterocycles. The van der Waals surface area contributed by atoms with E-state index in [1.54, 1.807) is 10.9 Å². The number of hydrogen-bond donors (Lipinski definition) is 3. The zero-order valence-corrected chi connectivity index (χ0v) is 16.4. The highest BCUT2D eigenvalue weighted by Gasteiger charge is 2.50. The van der Waals surface area contributed by atoms with Crippen LogP contribution in [0.1, 0.15) is 25.3 Å². The number of imide groups is 1. The van der Waals surface area contributed by atoms with E-state index in [4.69, 9.17) is 10.4 Å². The lowest BCUT2D eigenvalue weighted by atomic mass is 10.00. The molecule has 3 saturated heterocycles. The second-order valence-corrected chi connectivity index (χ2v) is 8.29. The summed E-state index contributed by atoms with van der Waals surface area (Å²) in [6.45, 7) is 0.447. The summed E-state index contributed by atoms with van der Waals surface area (Å²) in [4.78, 5) is 39.0. The molecule has 0 saturated carbocycles. The van der Waals surface area contributed by atoms with Crippen molar-refractivity contribution in [3.05, 3.63) is 12.4 Å². The number of carbonyl (C=O) groups is 3. The number of nitrogens with zero attached hydrogens (tertiary/aromatic N) is 6. The van der Waals surface area contributed by atoms with Crippen LogP contribution in [0.15, 0.2) is 12.4 Å². The number of amides is 4. The molecule has 4 rings (SSSR count). The van der Waals surface area contributed by atoms with Gasteiger partial charge in [0.15, 0.2) is 0 Å². The highest BCUT2D eigenvalue weighted by Crippen LogP contribution is 2.31. The molecule has 4 N–H and O–H groups in total. The zero-order chi connectivity index (χ0) is 21.6. The first-order chi connectivity index (χ1) is 14.2. The van der Waals surface area contributed by atoms with Gasteiger partial charge < -0.3 is 10.2 Å². The van der Waals surface area contributed by atoms with E-state index < -0.39 is 46.4 Å². The number of nitrogens with one attached hydrogen (secondary N) is 1. The molecular weight excluding hydrogens is 424 g/mol. The predicted molar refractivity (Wildman–Crippen MR) is 94.9 cm³/mol. The number of hydroxylamine groups is 2. The molecule has 3 aliphatic rings. The number of carbonyl (C=O) groups excluding carboxylic acids is 3. The molecule has 16 heteroatoms. The van der Waals surface area contributed by atoms with Crippen LogP contribution in [0.25, 0.3) is 0 Å². The first-order valence-corrected chi connectivity index (χ1v) is 10.5. The van der Waals surface area contributed by atoms with Crippen molar-refractivity contribution in [2.75, 3.05) is 13.1 Å². The smallest absolute Gasteiger partial charge is 0.309 e. The van der Waals surface area contributed by atoms with Gasteiger partial charge in [0.2, 0.25) is 0 Å². The van der Waals surface area contributed by atoms with Crippen molar-refractivity contribution in [3.63, 3.8) is 0 Å². The van der Waals surface area contributed by atoms with E-state index >= 15 is 0 Å². The van der Waals surface area contributed by atoms with Crippen molar-refractivity contribution in [1.29, 1.82) is 0 Å². The Hall–Kier alpha value is -2.66. The Morgan fingerprint density at radius 1 is 1.30 bits per heavy atom. The van der Waals surface area contributed by atoms with E-state index in [9.17, 15) is 22.8 Å². The maximum Gasteiger partial charge on any atom is 0.418 e. The van der Waals surface area contributed by atoms with Gasteiger partial charge >= 0.3 is 16.4 Å². The molecular formula is C14H20N8O7S. The van der Waals surface area contributed by atoms with Gasteiger partial charge in [0, 0.05) is 19.3 Å². The molecule has 1 aromatic heterocycles. The Morgan fingerprint density at radius 2 is 2.07 bits per heavy atom. The first-order valence-electron chi connectivity index (χ1n) is 9.14. The standard InChI is InChI=1S/C14H20N8O7S/c15-21(12(23)10-5-9(6-16-10)20-4-3-17-18-20)13(24)11-2-1-8-7-19(11)14(25)22(8)29-30(26,27)28/h3-4,8-11,16H,1-2,5-7,15H2,(H,26,27,28)/t8-,9+,10+,11-/m1/s1. The van der Waals surface area contributed by atoms with E-state index in [-0.39, 0.29) is 25.4 Å². The van der Waals surface area contributed by atoms with Gasteiger partial charge in [0.25, 0.3) is 11.8 Å². The van der Waals surface area contributed by atoms with E-state index in [2.05, 4.69) is 19.9 Å². The number of nitrogens with two attached hydrogens (primary N) is 1. The maximum atomic E-state index is 12.8. The van der Waals surface area contributed by atoms with E-state index in [1.165, 1.54) is 6.20 Å². The lowest BCUT2D eigenvalue weighted by molar-refractivity contribution is -0.149. The molecule has 3 fully saturated rings. The van der Waals surface area contributed by atoms with Crippen LogP contribution < -0.4 is 11.2 Å². The maximum absolute atomic E-state index is 12.8. The largest absolute Gasteiger partial charge is 0.418 e. The molecule has 0 aromatic carbocycles. The Morgan fingerprint density at radius 3 is 2.73 bits per heavy atom. The van der Waals surface area contributed by atoms with Crippen molar-refractivity contribution in [3.8, 4) is 0 Å². The van der Waals surface area contributed by atoms with Gasteiger partial charge in [-0.25, -0.2) is 20.3 Å². The third-order valence-corrected chi connectivity index (χ3v) is 5.83. The minimum absolute atomic E-state index is 0.00282. The topological polar surface area (TPSA) is 193 Å². The van der Waals surface area contributed by atoms with Crippen molar-refractivity contribution in [2.24, 2.45) is 5.84 Å². The molecule has 2 bridgehead atoms. The summed E-state index contributed by atoms with van der Waals surface area (Å²) in [7, 11) is -4.90. The van der Waals surface area contributed by atoms with Crippen LogP contribution in [0.2, 0.25) is 0 Å². The normalized spacial score (nSPS) is 28.8. The Bertz CT molecular complexity index is 954. The summed E-state index contributed by atoms with van der Waals surface area (Å²) >= 11 is 0. The molecule has 3 aliphatic heterocycles. The summed E-state index contributed by atoms with van der Waals surface area (Å²) in [6.07, 6.45) is 3.93. The van der Waals surface area contributed by atoms with E-state index in [1.807, 2.05) is 0 Å². The van der Waals surface area contributed by atoms with Gasteiger partial charge in [-0.15, -0.1) is 9.38 Å².